The highest BCUT2D eigenvalue weighted by Gasteiger charge is 2.26. The second kappa shape index (κ2) is 8.02. The molecule has 2 aliphatic heterocycles. The number of amides is 1. The van der Waals surface area contributed by atoms with Crippen LogP contribution in [0, 0.1) is 0 Å². The van der Waals surface area contributed by atoms with Gasteiger partial charge in [-0.15, -0.1) is 0 Å². The Balaban J connectivity index is 1.58. The van der Waals surface area contributed by atoms with Crippen LogP contribution >= 0.6 is 0 Å². The number of carbonyl (C=O) groups excluding carboxylic acids is 1. The van der Waals surface area contributed by atoms with E-state index in [2.05, 4.69) is 34.3 Å². The average molecular weight is 379 g/mol. The summed E-state index contributed by atoms with van der Waals surface area (Å²) in [4.78, 5) is 18.9. The summed E-state index contributed by atoms with van der Waals surface area (Å²) in [7, 11) is 1.69. The minimum Gasteiger partial charge on any atom is -0.497 e. The van der Waals surface area contributed by atoms with Gasteiger partial charge in [0.25, 0.3) is 5.91 Å². The van der Waals surface area contributed by atoms with Crippen LogP contribution in [0.1, 0.15) is 30.4 Å². The number of likely N-dealkylation sites (tertiary alicyclic amines) is 1. The molecule has 0 bridgehead atoms. The minimum atomic E-state index is -0.667. The second-order valence-corrected chi connectivity index (χ2v) is 7.32. The SMILES string of the molecule is COc1ccc(CN2CCCC2)c(-c2ccc(C3=NOC(C(N)=O)C3)cc2)c1. The summed E-state index contributed by atoms with van der Waals surface area (Å²) in [6.07, 6.45) is 2.29. The topological polar surface area (TPSA) is 77.2 Å². The molecule has 2 N–H and O–H groups in total. The van der Waals surface area contributed by atoms with E-state index in [1.165, 1.54) is 24.0 Å². The van der Waals surface area contributed by atoms with E-state index in [-0.39, 0.29) is 0 Å². The highest BCUT2D eigenvalue weighted by atomic mass is 16.6. The quantitative estimate of drug-likeness (QED) is 0.837. The molecule has 1 fully saturated rings. The van der Waals surface area contributed by atoms with Crippen LogP contribution in [0.25, 0.3) is 11.1 Å². The fourth-order valence-electron chi connectivity index (χ4n) is 3.81. The fourth-order valence-corrected chi connectivity index (χ4v) is 3.81. The Bertz CT molecular complexity index is 886. The molecule has 6 nitrogen and oxygen atoms in total. The number of benzene rings is 2. The standard InChI is InChI=1S/C22H25N3O3/c1-27-18-9-8-17(14-25-10-2-3-11-25)19(12-18)15-4-6-16(7-5-15)20-13-21(22(23)26)28-24-20/h4-9,12,21H,2-3,10-11,13-14H2,1H3,(H2,23,26). The van der Waals surface area contributed by atoms with E-state index in [0.29, 0.717) is 6.42 Å². The zero-order chi connectivity index (χ0) is 19.5. The number of methoxy groups -OCH3 is 1. The molecule has 2 aromatic carbocycles. The van der Waals surface area contributed by atoms with Crippen LogP contribution in [0.4, 0.5) is 0 Å². The van der Waals surface area contributed by atoms with Crippen molar-refractivity contribution in [2.45, 2.75) is 31.9 Å². The predicted molar refractivity (Wildman–Crippen MR) is 108 cm³/mol. The predicted octanol–water partition coefficient (Wildman–Crippen LogP) is 2.94. The molecule has 146 valence electrons. The molecule has 0 aromatic heterocycles. The number of nitrogens with two attached hydrogens (primary N) is 1. The molecule has 0 spiro atoms. The minimum absolute atomic E-state index is 0.411. The molecule has 0 radical (unpaired) electrons. The molecule has 4 rings (SSSR count). The Morgan fingerprint density at radius 1 is 1.18 bits per heavy atom. The highest BCUT2D eigenvalue weighted by molar-refractivity contribution is 6.04. The smallest absolute Gasteiger partial charge is 0.261 e. The van der Waals surface area contributed by atoms with Crippen molar-refractivity contribution in [2.75, 3.05) is 20.2 Å². The van der Waals surface area contributed by atoms with E-state index in [0.717, 1.165) is 42.2 Å². The number of ether oxygens (including phenoxy) is 1. The number of nitrogens with zero attached hydrogens (tertiary/aromatic N) is 2. The molecule has 0 saturated carbocycles. The largest absolute Gasteiger partial charge is 0.497 e. The number of hydrogen-bond acceptors (Lipinski definition) is 5. The van der Waals surface area contributed by atoms with Gasteiger partial charge in [0.2, 0.25) is 6.10 Å². The van der Waals surface area contributed by atoms with Gasteiger partial charge in [0, 0.05) is 13.0 Å². The van der Waals surface area contributed by atoms with Gasteiger partial charge in [0.1, 0.15) is 5.75 Å². The Labute approximate surface area is 164 Å². The van der Waals surface area contributed by atoms with Gasteiger partial charge in [-0.25, -0.2) is 0 Å². The summed E-state index contributed by atoms with van der Waals surface area (Å²) < 4.78 is 5.45. The van der Waals surface area contributed by atoms with Crippen LogP contribution < -0.4 is 10.5 Å². The van der Waals surface area contributed by atoms with Crippen LogP contribution in [0.5, 0.6) is 5.75 Å². The highest BCUT2D eigenvalue weighted by Crippen LogP contribution is 2.30. The van der Waals surface area contributed by atoms with Crippen molar-refractivity contribution in [3.8, 4) is 16.9 Å². The van der Waals surface area contributed by atoms with E-state index in [1.54, 1.807) is 7.11 Å². The first-order valence-corrected chi connectivity index (χ1v) is 9.66. The summed E-state index contributed by atoms with van der Waals surface area (Å²) in [6.45, 7) is 3.26. The number of primary amides is 1. The maximum atomic E-state index is 11.3. The summed E-state index contributed by atoms with van der Waals surface area (Å²) >= 11 is 0. The lowest BCUT2D eigenvalue weighted by Crippen LogP contribution is -2.28. The van der Waals surface area contributed by atoms with Gasteiger partial charge in [-0.05, 0) is 60.3 Å². The van der Waals surface area contributed by atoms with Gasteiger partial charge in [-0.3, -0.25) is 9.69 Å². The number of carbonyl (C=O) groups is 1. The molecule has 1 saturated heterocycles. The van der Waals surface area contributed by atoms with Crippen molar-refractivity contribution in [1.82, 2.24) is 4.90 Å². The van der Waals surface area contributed by atoms with Gasteiger partial charge in [0.05, 0.1) is 12.8 Å². The molecule has 0 aliphatic carbocycles. The lowest BCUT2D eigenvalue weighted by molar-refractivity contribution is -0.127. The summed E-state index contributed by atoms with van der Waals surface area (Å²) in [5.74, 6) is 0.362. The molecular weight excluding hydrogens is 354 g/mol. The fraction of sp³-hybridized carbons (Fsp3) is 0.364. The van der Waals surface area contributed by atoms with Crippen LogP contribution in [0.2, 0.25) is 0 Å². The van der Waals surface area contributed by atoms with Gasteiger partial charge in [-0.1, -0.05) is 35.5 Å². The van der Waals surface area contributed by atoms with Crippen LogP contribution in [-0.4, -0.2) is 42.8 Å². The molecule has 2 aliphatic rings. The molecular formula is C22H25N3O3. The van der Waals surface area contributed by atoms with Crippen molar-refractivity contribution in [1.29, 1.82) is 0 Å². The Morgan fingerprint density at radius 3 is 2.54 bits per heavy atom. The first kappa shape index (κ1) is 18.5. The zero-order valence-corrected chi connectivity index (χ0v) is 16.1. The van der Waals surface area contributed by atoms with Crippen LogP contribution in [0.3, 0.4) is 0 Å². The molecule has 28 heavy (non-hydrogen) atoms. The molecule has 6 heteroatoms. The van der Waals surface area contributed by atoms with Crippen molar-refractivity contribution in [3.63, 3.8) is 0 Å². The summed E-state index contributed by atoms with van der Waals surface area (Å²) in [5.41, 5.74) is 10.6. The van der Waals surface area contributed by atoms with E-state index in [4.69, 9.17) is 15.3 Å². The molecule has 2 aromatic rings. The van der Waals surface area contributed by atoms with Gasteiger partial charge < -0.3 is 15.3 Å². The van der Waals surface area contributed by atoms with Gasteiger partial charge in [-0.2, -0.15) is 0 Å². The van der Waals surface area contributed by atoms with Crippen molar-refractivity contribution in [2.24, 2.45) is 10.9 Å². The summed E-state index contributed by atoms with van der Waals surface area (Å²) in [5, 5.41) is 4.01. The zero-order valence-electron chi connectivity index (χ0n) is 16.1. The second-order valence-electron chi connectivity index (χ2n) is 7.32. The molecule has 1 amide bonds. The maximum absolute atomic E-state index is 11.3. The number of oxime groups is 1. The first-order valence-electron chi connectivity index (χ1n) is 9.66. The third-order valence-electron chi connectivity index (χ3n) is 5.43. The van der Waals surface area contributed by atoms with Crippen LogP contribution in [-0.2, 0) is 16.2 Å². The third-order valence-corrected chi connectivity index (χ3v) is 5.43. The van der Waals surface area contributed by atoms with E-state index in [1.807, 2.05) is 18.2 Å². The molecule has 2 heterocycles. The van der Waals surface area contributed by atoms with Crippen molar-refractivity contribution in [3.05, 3.63) is 53.6 Å². The van der Waals surface area contributed by atoms with Gasteiger partial charge in [0.15, 0.2) is 0 Å². The average Bonchev–Trinajstić information content (AvgIpc) is 3.41. The lowest BCUT2D eigenvalue weighted by Gasteiger charge is -2.18. The maximum Gasteiger partial charge on any atom is 0.261 e. The first-order chi connectivity index (χ1) is 13.6. The molecule has 1 unspecified atom stereocenters. The lowest BCUT2D eigenvalue weighted by atomic mass is 9.96. The monoisotopic (exact) mass is 379 g/mol. The normalized spacial score (nSPS) is 19.3. The third kappa shape index (κ3) is 3.87. The molecule has 1 atom stereocenters. The Kier molecular flexibility index (Phi) is 5.30. The van der Waals surface area contributed by atoms with Crippen LogP contribution in [0.15, 0.2) is 47.6 Å². The number of rotatable bonds is 6. The van der Waals surface area contributed by atoms with E-state index in [9.17, 15) is 4.79 Å². The number of hydrogen-bond donors (Lipinski definition) is 1. The van der Waals surface area contributed by atoms with Crippen molar-refractivity contribution < 1.29 is 14.4 Å². The van der Waals surface area contributed by atoms with Crippen molar-refractivity contribution >= 4 is 11.6 Å². The van der Waals surface area contributed by atoms with E-state index < -0.39 is 12.0 Å². The Hall–Kier alpha value is -2.86. The summed E-state index contributed by atoms with van der Waals surface area (Å²) in [6, 6.07) is 14.5. The van der Waals surface area contributed by atoms with Gasteiger partial charge >= 0.3 is 0 Å². The van der Waals surface area contributed by atoms with E-state index >= 15 is 0 Å². The Morgan fingerprint density at radius 2 is 1.89 bits per heavy atom.